The quantitative estimate of drug-likeness (QED) is 0.742. The predicted molar refractivity (Wildman–Crippen MR) is 86.3 cm³/mol. The molecule has 0 saturated carbocycles. The van der Waals surface area contributed by atoms with E-state index in [1.807, 2.05) is 0 Å². The van der Waals surface area contributed by atoms with Crippen molar-refractivity contribution in [1.82, 2.24) is 15.3 Å². The summed E-state index contributed by atoms with van der Waals surface area (Å²) >= 11 is 0. The molecule has 2 aromatic heterocycles. The Morgan fingerprint density at radius 3 is 2.72 bits per heavy atom. The van der Waals surface area contributed by atoms with Gasteiger partial charge in [0.2, 0.25) is 0 Å². The summed E-state index contributed by atoms with van der Waals surface area (Å²) in [6.45, 7) is 1.85. The van der Waals surface area contributed by atoms with E-state index in [-0.39, 0.29) is 12.2 Å². The van der Waals surface area contributed by atoms with Gasteiger partial charge in [0, 0.05) is 17.8 Å². The number of aryl methyl sites for hydroxylation is 1. The SMILES string of the molecule is Cc1nc(Nc2ccc(F)c(F)c2)cc(C(=O)NCc2ccco2)n1. The van der Waals surface area contributed by atoms with Gasteiger partial charge >= 0.3 is 0 Å². The molecule has 3 aromatic rings. The zero-order valence-electron chi connectivity index (χ0n) is 13.2. The van der Waals surface area contributed by atoms with Gasteiger partial charge in [-0.25, -0.2) is 18.7 Å². The molecule has 2 heterocycles. The van der Waals surface area contributed by atoms with Crippen molar-refractivity contribution in [3.05, 3.63) is 71.6 Å². The Hall–Kier alpha value is -3.29. The molecule has 6 nitrogen and oxygen atoms in total. The number of carbonyl (C=O) groups excluding carboxylic acids is 1. The standard InChI is InChI=1S/C17H14F2N4O2/c1-10-21-15(17(24)20-9-12-3-2-6-25-12)8-16(22-10)23-11-4-5-13(18)14(19)7-11/h2-8H,9H2,1H3,(H,20,24)(H,21,22,23). The lowest BCUT2D eigenvalue weighted by atomic mass is 10.3. The second-order valence-corrected chi connectivity index (χ2v) is 5.20. The van der Waals surface area contributed by atoms with Crippen molar-refractivity contribution in [1.29, 1.82) is 0 Å². The molecule has 1 amide bonds. The number of rotatable bonds is 5. The Labute approximate surface area is 141 Å². The lowest BCUT2D eigenvalue weighted by Gasteiger charge is -2.09. The Balaban J connectivity index is 1.75. The lowest BCUT2D eigenvalue weighted by Crippen LogP contribution is -2.24. The minimum absolute atomic E-state index is 0.143. The molecule has 2 N–H and O–H groups in total. The van der Waals surface area contributed by atoms with E-state index in [9.17, 15) is 13.6 Å². The topological polar surface area (TPSA) is 80.0 Å². The summed E-state index contributed by atoms with van der Waals surface area (Å²) in [5, 5.41) is 5.50. The predicted octanol–water partition coefficient (Wildman–Crippen LogP) is 3.33. The maximum atomic E-state index is 13.3. The van der Waals surface area contributed by atoms with Crippen LogP contribution in [0.25, 0.3) is 0 Å². The minimum Gasteiger partial charge on any atom is -0.467 e. The summed E-state index contributed by atoms with van der Waals surface area (Å²) in [7, 11) is 0. The summed E-state index contributed by atoms with van der Waals surface area (Å²) in [5.41, 5.74) is 0.447. The van der Waals surface area contributed by atoms with Crippen LogP contribution in [0.1, 0.15) is 22.1 Å². The molecule has 0 atom stereocenters. The average Bonchev–Trinajstić information content (AvgIpc) is 3.09. The first-order valence-corrected chi connectivity index (χ1v) is 7.39. The number of nitrogens with zero attached hydrogens (tertiary/aromatic N) is 2. The van der Waals surface area contributed by atoms with Crippen LogP contribution in [0.4, 0.5) is 20.3 Å². The number of halogens is 2. The van der Waals surface area contributed by atoms with Crippen molar-refractivity contribution < 1.29 is 18.0 Å². The van der Waals surface area contributed by atoms with Gasteiger partial charge in [0.05, 0.1) is 12.8 Å². The second-order valence-electron chi connectivity index (χ2n) is 5.20. The Kier molecular flexibility index (Phi) is 4.69. The van der Waals surface area contributed by atoms with Crippen LogP contribution in [0, 0.1) is 18.6 Å². The molecule has 25 heavy (non-hydrogen) atoms. The summed E-state index contributed by atoms with van der Waals surface area (Å²) in [4.78, 5) is 20.4. The van der Waals surface area contributed by atoms with Crippen molar-refractivity contribution in [3.8, 4) is 0 Å². The monoisotopic (exact) mass is 344 g/mol. The van der Waals surface area contributed by atoms with Crippen molar-refractivity contribution >= 4 is 17.4 Å². The van der Waals surface area contributed by atoms with Gasteiger partial charge in [0.15, 0.2) is 11.6 Å². The third-order valence-corrected chi connectivity index (χ3v) is 3.27. The molecule has 1 aromatic carbocycles. The lowest BCUT2D eigenvalue weighted by molar-refractivity contribution is 0.0942. The summed E-state index contributed by atoms with van der Waals surface area (Å²) in [6, 6.07) is 8.26. The zero-order chi connectivity index (χ0) is 17.8. The minimum atomic E-state index is -0.979. The van der Waals surface area contributed by atoms with E-state index in [0.717, 1.165) is 12.1 Å². The molecule has 128 valence electrons. The molecule has 0 aliphatic rings. The molecule has 0 fully saturated rings. The number of amides is 1. The van der Waals surface area contributed by atoms with Gasteiger partial charge < -0.3 is 15.1 Å². The van der Waals surface area contributed by atoms with E-state index in [1.165, 1.54) is 18.4 Å². The largest absolute Gasteiger partial charge is 0.467 e. The highest BCUT2D eigenvalue weighted by Gasteiger charge is 2.12. The normalized spacial score (nSPS) is 10.5. The summed E-state index contributed by atoms with van der Waals surface area (Å²) in [5.74, 6) is -1.07. The van der Waals surface area contributed by atoms with E-state index in [1.54, 1.807) is 19.1 Å². The van der Waals surface area contributed by atoms with E-state index in [2.05, 4.69) is 20.6 Å². The molecule has 0 spiro atoms. The molecule has 0 bridgehead atoms. The maximum Gasteiger partial charge on any atom is 0.270 e. The highest BCUT2D eigenvalue weighted by molar-refractivity contribution is 5.93. The Morgan fingerprint density at radius 2 is 2.00 bits per heavy atom. The fourth-order valence-corrected chi connectivity index (χ4v) is 2.14. The van der Waals surface area contributed by atoms with Gasteiger partial charge in [-0.2, -0.15) is 0 Å². The van der Waals surface area contributed by atoms with Crippen LogP contribution in [0.2, 0.25) is 0 Å². The van der Waals surface area contributed by atoms with Gasteiger partial charge in [0.1, 0.15) is 23.1 Å². The van der Waals surface area contributed by atoms with E-state index >= 15 is 0 Å². The van der Waals surface area contributed by atoms with Crippen molar-refractivity contribution in [3.63, 3.8) is 0 Å². The fraction of sp³-hybridized carbons (Fsp3) is 0.118. The average molecular weight is 344 g/mol. The van der Waals surface area contributed by atoms with Crippen LogP contribution in [-0.4, -0.2) is 15.9 Å². The van der Waals surface area contributed by atoms with Gasteiger partial charge in [0.25, 0.3) is 5.91 Å². The first-order chi connectivity index (χ1) is 12.0. The molecule has 3 rings (SSSR count). The third-order valence-electron chi connectivity index (χ3n) is 3.27. The number of hydrogen-bond donors (Lipinski definition) is 2. The molecular formula is C17H14F2N4O2. The van der Waals surface area contributed by atoms with Crippen LogP contribution in [0.15, 0.2) is 47.1 Å². The van der Waals surface area contributed by atoms with Crippen LogP contribution in [0.5, 0.6) is 0 Å². The fourth-order valence-electron chi connectivity index (χ4n) is 2.14. The van der Waals surface area contributed by atoms with Crippen molar-refractivity contribution in [2.75, 3.05) is 5.32 Å². The van der Waals surface area contributed by atoms with Gasteiger partial charge in [-0.15, -0.1) is 0 Å². The Morgan fingerprint density at radius 1 is 1.16 bits per heavy atom. The number of anilines is 2. The molecule has 0 saturated heterocycles. The smallest absolute Gasteiger partial charge is 0.270 e. The second kappa shape index (κ2) is 7.08. The zero-order valence-corrected chi connectivity index (χ0v) is 13.2. The van der Waals surface area contributed by atoms with Crippen LogP contribution >= 0.6 is 0 Å². The Bertz CT molecular complexity index is 898. The molecule has 0 aliphatic heterocycles. The third kappa shape index (κ3) is 4.17. The first kappa shape index (κ1) is 16.6. The van der Waals surface area contributed by atoms with Gasteiger partial charge in [-0.05, 0) is 31.2 Å². The van der Waals surface area contributed by atoms with Crippen LogP contribution < -0.4 is 10.6 Å². The van der Waals surface area contributed by atoms with E-state index < -0.39 is 17.5 Å². The van der Waals surface area contributed by atoms with E-state index in [4.69, 9.17) is 4.42 Å². The van der Waals surface area contributed by atoms with E-state index in [0.29, 0.717) is 23.1 Å². The van der Waals surface area contributed by atoms with Crippen molar-refractivity contribution in [2.45, 2.75) is 13.5 Å². The number of nitrogens with one attached hydrogen (secondary N) is 2. The number of furan rings is 1. The molecule has 0 unspecified atom stereocenters. The van der Waals surface area contributed by atoms with Crippen LogP contribution in [-0.2, 0) is 6.54 Å². The number of carbonyl (C=O) groups is 1. The molecule has 0 radical (unpaired) electrons. The summed E-state index contributed by atoms with van der Waals surface area (Å²) < 4.78 is 31.4. The molecule has 0 aliphatic carbocycles. The highest BCUT2D eigenvalue weighted by Crippen LogP contribution is 2.18. The first-order valence-electron chi connectivity index (χ1n) is 7.39. The number of benzene rings is 1. The molecule has 8 heteroatoms. The van der Waals surface area contributed by atoms with Crippen LogP contribution in [0.3, 0.4) is 0 Å². The highest BCUT2D eigenvalue weighted by atomic mass is 19.2. The maximum absolute atomic E-state index is 13.3. The number of hydrogen-bond acceptors (Lipinski definition) is 5. The van der Waals surface area contributed by atoms with Crippen molar-refractivity contribution in [2.24, 2.45) is 0 Å². The van der Waals surface area contributed by atoms with Gasteiger partial charge in [-0.1, -0.05) is 0 Å². The number of aromatic nitrogens is 2. The molecular weight excluding hydrogens is 330 g/mol. The summed E-state index contributed by atoms with van der Waals surface area (Å²) in [6.07, 6.45) is 1.51. The van der Waals surface area contributed by atoms with Gasteiger partial charge in [-0.3, -0.25) is 4.79 Å².